The minimum atomic E-state index is -3.33. The van der Waals surface area contributed by atoms with Crippen molar-refractivity contribution in [2.75, 3.05) is 19.4 Å². The van der Waals surface area contributed by atoms with Crippen LogP contribution in [0.2, 0.25) is 0 Å². The number of nitrogens with one attached hydrogen (secondary N) is 1. The Kier molecular flexibility index (Phi) is 5.47. The van der Waals surface area contributed by atoms with E-state index < -0.39 is 15.6 Å². The molecule has 1 atom stereocenters. The normalized spacial score (nSPS) is 21.4. The van der Waals surface area contributed by atoms with Gasteiger partial charge in [-0.25, -0.2) is 13.1 Å². The number of methoxy groups -OCH3 is 1. The number of sulfonamides is 1. The fourth-order valence-electron chi connectivity index (χ4n) is 2.88. The standard InChI is InChI=1S/C16H25NO4S/c1-3-4-10-22(19,20)17-12-16(18)9-5-6-13-11-14(21-2)7-8-15(13)16/h7-8,11,17-18H,3-6,9-10,12H2,1-2H3. The average molecular weight is 327 g/mol. The molecule has 1 aliphatic carbocycles. The van der Waals surface area contributed by atoms with Crippen LogP contribution in [0.5, 0.6) is 5.75 Å². The largest absolute Gasteiger partial charge is 0.497 e. The molecule has 1 aromatic rings. The lowest BCUT2D eigenvalue weighted by Gasteiger charge is -2.34. The Labute approximate surface area is 132 Å². The van der Waals surface area contributed by atoms with Crippen molar-refractivity contribution in [1.29, 1.82) is 0 Å². The summed E-state index contributed by atoms with van der Waals surface area (Å²) in [6.07, 6.45) is 3.71. The van der Waals surface area contributed by atoms with Crippen LogP contribution < -0.4 is 9.46 Å². The minimum Gasteiger partial charge on any atom is -0.497 e. The Morgan fingerprint density at radius 1 is 1.41 bits per heavy atom. The highest BCUT2D eigenvalue weighted by Crippen LogP contribution is 2.36. The zero-order chi connectivity index (χ0) is 16.2. The molecule has 1 unspecified atom stereocenters. The Morgan fingerprint density at radius 3 is 2.86 bits per heavy atom. The summed E-state index contributed by atoms with van der Waals surface area (Å²) in [6.45, 7) is 1.98. The van der Waals surface area contributed by atoms with Gasteiger partial charge in [0, 0.05) is 6.54 Å². The summed E-state index contributed by atoms with van der Waals surface area (Å²) in [5.74, 6) is 0.862. The van der Waals surface area contributed by atoms with E-state index in [1.54, 1.807) is 13.2 Å². The number of aryl methyl sites for hydroxylation is 1. The van der Waals surface area contributed by atoms with Crippen LogP contribution in [0, 0.1) is 0 Å². The molecule has 0 bridgehead atoms. The minimum absolute atomic E-state index is 0.0262. The fourth-order valence-corrected chi connectivity index (χ4v) is 4.16. The SMILES string of the molecule is CCCCS(=O)(=O)NCC1(O)CCCc2cc(OC)ccc21. The molecule has 0 spiro atoms. The van der Waals surface area contributed by atoms with E-state index in [4.69, 9.17) is 4.74 Å². The zero-order valence-electron chi connectivity index (χ0n) is 13.3. The predicted molar refractivity (Wildman–Crippen MR) is 86.5 cm³/mol. The van der Waals surface area contributed by atoms with E-state index in [1.807, 2.05) is 19.1 Å². The molecule has 124 valence electrons. The first-order valence-corrected chi connectivity index (χ1v) is 9.42. The highest BCUT2D eigenvalue weighted by Gasteiger charge is 2.35. The molecule has 2 N–H and O–H groups in total. The molecular formula is C16H25NO4S. The van der Waals surface area contributed by atoms with Gasteiger partial charge in [-0.05, 0) is 48.9 Å². The number of ether oxygens (including phenoxy) is 1. The summed E-state index contributed by atoms with van der Waals surface area (Å²) in [6, 6.07) is 5.57. The van der Waals surface area contributed by atoms with Gasteiger partial charge in [0.25, 0.3) is 0 Å². The van der Waals surface area contributed by atoms with Gasteiger partial charge < -0.3 is 9.84 Å². The third-order valence-electron chi connectivity index (χ3n) is 4.20. The number of fused-ring (bicyclic) bond motifs is 1. The van der Waals surface area contributed by atoms with Crippen LogP contribution in [-0.4, -0.2) is 32.9 Å². The molecule has 5 nitrogen and oxygen atoms in total. The van der Waals surface area contributed by atoms with Crippen molar-refractivity contribution in [3.63, 3.8) is 0 Å². The highest BCUT2D eigenvalue weighted by molar-refractivity contribution is 7.89. The van der Waals surface area contributed by atoms with E-state index in [0.717, 1.165) is 36.1 Å². The number of unbranched alkanes of at least 4 members (excludes halogenated alkanes) is 1. The van der Waals surface area contributed by atoms with E-state index in [1.165, 1.54) is 0 Å². The van der Waals surface area contributed by atoms with Crippen LogP contribution in [0.25, 0.3) is 0 Å². The molecule has 0 aliphatic heterocycles. The van der Waals surface area contributed by atoms with Gasteiger partial charge >= 0.3 is 0 Å². The molecule has 22 heavy (non-hydrogen) atoms. The maximum atomic E-state index is 11.9. The quantitative estimate of drug-likeness (QED) is 0.802. The molecule has 1 aromatic carbocycles. The first kappa shape index (κ1) is 17.2. The third kappa shape index (κ3) is 4.00. The van der Waals surface area contributed by atoms with Crippen molar-refractivity contribution in [3.05, 3.63) is 29.3 Å². The number of hydrogen-bond donors (Lipinski definition) is 2. The lowest BCUT2D eigenvalue weighted by Crippen LogP contribution is -2.43. The molecule has 0 heterocycles. The first-order chi connectivity index (χ1) is 10.4. The molecule has 0 aromatic heterocycles. The molecule has 0 saturated heterocycles. The van der Waals surface area contributed by atoms with Crippen LogP contribution in [0.3, 0.4) is 0 Å². The molecule has 0 radical (unpaired) electrons. The maximum absolute atomic E-state index is 11.9. The molecule has 0 saturated carbocycles. The zero-order valence-corrected chi connectivity index (χ0v) is 14.1. The van der Waals surface area contributed by atoms with Crippen LogP contribution in [0.1, 0.15) is 43.7 Å². The molecule has 0 fully saturated rings. The van der Waals surface area contributed by atoms with Gasteiger partial charge in [0.05, 0.1) is 12.9 Å². The number of aliphatic hydroxyl groups is 1. The summed E-state index contributed by atoms with van der Waals surface area (Å²) in [4.78, 5) is 0. The smallest absolute Gasteiger partial charge is 0.211 e. The van der Waals surface area contributed by atoms with Crippen LogP contribution in [0.4, 0.5) is 0 Å². The number of hydrogen-bond acceptors (Lipinski definition) is 4. The summed E-state index contributed by atoms with van der Waals surface area (Å²) in [5, 5.41) is 10.9. The molecular weight excluding hydrogens is 302 g/mol. The third-order valence-corrected chi connectivity index (χ3v) is 5.61. The summed E-state index contributed by atoms with van der Waals surface area (Å²) < 4.78 is 31.7. The number of rotatable bonds is 7. The Morgan fingerprint density at radius 2 is 2.18 bits per heavy atom. The second kappa shape index (κ2) is 6.98. The Balaban J connectivity index is 2.15. The van der Waals surface area contributed by atoms with E-state index in [0.29, 0.717) is 12.8 Å². The Bertz CT molecular complexity index is 615. The second-order valence-corrected chi connectivity index (χ2v) is 7.83. The van der Waals surface area contributed by atoms with Gasteiger partial charge in [-0.1, -0.05) is 19.4 Å². The predicted octanol–water partition coefficient (Wildman–Crippen LogP) is 1.94. The molecule has 1 aliphatic rings. The summed E-state index contributed by atoms with van der Waals surface area (Å²) in [7, 11) is -1.72. The van der Waals surface area contributed by atoms with E-state index in [9.17, 15) is 13.5 Å². The van der Waals surface area contributed by atoms with Crippen molar-refractivity contribution in [2.45, 2.75) is 44.6 Å². The molecule has 2 rings (SSSR count). The van der Waals surface area contributed by atoms with Gasteiger partial charge in [0.1, 0.15) is 11.4 Å². The lowest BCUT2D eigenvalue weighted by molar-refractivity contribution is 0.0242. The van der Waals surface area contributed by atoms with Crippen molar-refractivity contribution in [1.82, 2.24) is 4.72 Å². The number of benzene rings is 1. The van der Waals surface area contributed by atoms with E-state index >= 15 is 0 Å². The van der Waals surface area contributed by atoms with Gasteiger partial charge in [0.2, 0.25) is 10.0 Å². The molecule has 6 heteroatoms. The van der Waals surface area contributed by atoms with Gasteiger partial charge in [-0.3, -0.25) is 0 Å². The lowest BCUT2D eigenvalue weighted by atomic mass is 9.79. The van der Waals surface area contributed by atoms with E-state index in [2.05, 4.69) is 4.72 Å². The second-order valence-electron chi connectivity index (χ2n) is 5.90. The van der Waals surface area contributed by atoms with Crippen molar-refractivity contribution < 1.29 is 18.3 Å². The van der Waals surface area contributed by atoms with E-state index in [-0.39, 0.29) is 12.3 Å². The topological polar surface area (TPSA) is 75.6 Å². The first-order valence-electron chi connectivity index (χ1n) is 7.77. The maximum Gasteiger partial charge on any atom is 0.211 e. The van der Waals surface area contributed by atoms with Crippen molar-refractivity contribution >= 4 is 10.0 Å². The Hall–Kier alpha value is -1.11. The van der Waals surface area contributed by atoms with Gasteiger partial charge in [-0.15, -0.1) is 0 Å². The monoisotopic (exact) mass is 327 g/mol. The highest BCUT2D eigenvalue weighted by atomic mass is 32.2. The summed E-state index contributed by atoms with van der Waals surface area (Å²) >= 11 is 0. The van der Waals surface area contributed by atoms with Crippen molar-refractivity contribution in [3.8, 4) is 5.75 Å². The van der Waals surface area contributed by atoms with Gasteiger partial charge in [0.15, 0.2) is 0 Å². The van der Waals surface area contributed by atoms with Crippen LogP contribution >= 0.6 is 0 Å². The molecule has 0 amide bonds. The van der Waals surface area contributed by atoms with Crippen LogP contribution in [0.15, 0.2) is 18.2 Å². The average Bonchev–Trinajstić information content (AvgIpc) is 2.51. The van der Waals surface area contributed by atoms with Crippen LogP contribution in [-0.2, 0) is 22.0 Å². The fraction of sp³-hybridized carbons (Fsp3) is 0.625. The van der Waals surface area contributed by atoms with Crippen molar-refractivity contribution in [2.24, 2.45) is 0 Å². The van der Waals surface area contributed by atoms with Gasteiger partial charge in [-0.2, -0.15) is 0 Å². The summed E-state index contributed by atoms with van der Waals surface area (Å²) in [5.41, 5.74) is 0.692.